The minimum atomic E-state index is -0.0704. The Balaban J connectivity index is 1.38. The molecule has 6 nitrogen and oxygen atoms in total. The highest BCUT2D eigenvalue weighted by atomic mass is 16.2. The number of benzene rings is 1. The average molecular weight is 358 g/mol. The summed E-state index contributed by atoms with van der Waals surface area (Å²) in [5.74, 6) is 0. The maximum Gasteiger partial charge on any atom is 0.321 e. The summed E-state index contributed by atoms with van der Waals surface area (Å²) in [7, 11) is 0. The molecule has 1 aromatic rings. The molecule has 4 amide bonds. The van der Waals surface area contributed by atoms with Crippen LogP contribution in [0.2, 0.25) is 0 Å². The van der Waals surface area contributed by atoms with Gasteiger partial charge >= 0.3 is 12.1 Å². The van der Waals surface area contributed by atoms with Crippen molar-refractivity contribution in [3.8, 4) is 0 Å². The molecule has 0 bridgehead atoms. The van der Waals surface area contributed by atoms with Gasteiger partial charge < -0.3 is 20.9 Å². The maximum absolute atomic E-state index is 12.4. The molecule has 1 aliphatic carbocycles. The van der Waals surface area contributed by atoms with Gasteiger partial charge in [-0.2, -0.15) is 0 Å². The van der Waals surface area contributed by atoms with Crippen molar-refractivity contribution >= 4 is 17.7 Å². The fourth-order valence-corrected chi connectivity index (χ4v) is 3.73. The number of nitrogens with one attached hydrogen (secondary N) is 3. The zero-order valence-electron chi connectivity index (χ0n) is 15.6. The Morgan fingerprint density at radius 1 is 0.885 bits per heavy atom. The molecule has 1 saturated heterocycles. The third-order valence-corrected chi connectivity index (χ3v) is 5.36. The van der Waals surface area contributed by atoms with Crippen LogP contribution in [-0.2, 0) is 0 Å². The predicted molar refractivity (Wildman–Crippen MR) is 103 cm³/mol. The van der Waals surface area contributed by atoms with Gasteiger partial charge in [0.15, 0.2) is 0 Å². The highest BCUT2D eigenvalue weighted by Crippen LogP contribution is 2.18. The Bertz CT molecular complexity index is 603. The number of anilines is 1. The van der Waals surface area contributed by atoms with Crippen molar-refractivity contribution in [1.82, 2.24) is 15.5 Å². The van der Waals surface area contributed by atoms with Crippen LogP contribution in [0.5, 0.6) is 0 Å². The number of piperidine rings is 1. The summed E-state index contributed by atoms with van der Waals surface area (Å²) in [6.45, 7) is 3.34. The van der Waals surface area contributed by atoms with Crippen LogP contribution in [0.1, 0.15) is 50.5 Å². The highest BCUT2D eigenvalue weighted by molar-refractivity contribution is 5.89. The zero-order valence-corrected chi connectivity index (χ0v) is 15.6. The van der Waals surface area contributed by atoms with Crippen LogP contribution >= 0.6 is 0 Å². The standard InChI is InChI=1S/C20H30N4O2/c1-15-7-9-17(10-8-15)23-20(26)24-13-11-18(12-14-24)22-19(25)21-16-5-3-2-4-6-16/h7-10,16,18H,2-6,11-14H2,1H3,(H,23,26)(H2,21,22,25). The van der Waals surface area contributed by atoms with Gasteiger partial charge in [-0.05, 0) is 44.7 Å². The highest BCUT2D eigenvalue weighted by Gasteiger charge is 2.24. The SMILES string of the molecule is Cc1ccc(NC(=O)N2CCC(NC(=O)NC3CCCCC3)CC2)cc1. The van der Waals surface area contributed by atoms with E-state index in [4.69, 9.17) is 0 Å². The van der Waals surface area contributed by atoms with Gasteiger partial charge in [-0.3, -0.25) is 0 Å². The van der Waals surface area contributed by atoms with Crippen molar-refractivity contribution in [3.05, 3.63) is 29.8 Å². The number of aryl methyl sites for hydroxylation is 1. The summed E-state index contributed by atoms with van der Waals surface area (Å²) in [5.41, 5.74) is 1.98. The Labute approximate surface area is 155 Å². The largest absolute Gasteiger partial charge is 0.335 e. The lowest BCUT2D eigenvalue weighted by Gasteiger charge is -2.33. The maximum atomic E-state index is 12.4. The quantitative estimate of drug-likeness (QED) is 0.772. The number of hydrogen-bond acceptors (Lipinski definition) is 2. The fraction of sp³-hybridized carbons (Fsp3) is 0.600. The molecular weight excluding hydrogens is 328 g/mol. The molecule has 0 radical (unpaired) electrons. The Kier molecular flexibility index (Phi) is 6.36. The van der Waals surface area contributed by atoms with Gasteiger partial charge in [0.2, 0.25) is 0 Å². The van der Waals surface area contributed by atoms with Gasteiger partial charge in [0, 0.05) is 30.9 Å². The first-order valence-corrected chi connectivity index (χ1v) is 9.80. The van der Waals surface area contributed by atoms with Gasteiger partial charge in [0.25, 0.3) is 0 Å². The van der Waals surface area contributed by atoms with Crippen molar-refractivity contribution in [2.45, 2.75) is 64.0 Å². The van der Waals surface area contributed by atoms with Crippen LogP contribution in [-0.4, -0.2) is 42.1 Å². The van der Waals surface area contributed by atoms with Crippen molar-refractivity contribution in [2.24, 2.45) is 0 Å². The number of amides is 4. The Morgan fingerprint density at radius 2 is 1.46 bits per heavy atom. The van der Waals surface area contributed by atoms with Crippen molar-refractivity contribution in [2.75, 3.05) is 18.4 Å². The van der Waals surface area contributed by atoms with Gasteiger partial charge in [-0.15, -0.1) is 0 Å². The second-order valence-corrected chi connectivity index (χ2v) is 7.51. The number of likely N-dealkylation sites (tertiary alicyclic amines) is 1. The summed E-state index contributed by atoms with van der Waals surface area (Å²) in [6, 6.07) is 8.13. The van der Waals surface area contributed by atoms with Crippen molar-refractivity contribution in [3.63, 3.8) is 0 Å². The van der Waals surface area contributed by atoms with E-state index < -0.39 is 0 Å². The molecular formula is C20H30N4O2. The average Bonchev–Trinajstić information content (AvgIpc) is 2.65. The third kappa shape index (κ3) is 5.38. The molecule has 0 atom stereocenters. The molecule has 3 rings (SSSR count). The van der Waals surface area contributed by atoms with E-state index in [0.717, 1.165) is 31.4 Å². The molecule has 2 fully saturated rings. The van der Waals surface area contributed by atoms with E-state index in [-0.39, 0.29) is 18.1 Å². The topological polar surface area (TPSA) is 73.5 Å². The molecule has 1 saturated carbocycles. The molecule has 6 heteroatoms. The van der Waals surface area contributed by atoms with E-state index in [1.165, 1.54) is 24.8 Å². The Morgan fingerprint density at radius 3 is 2.08 bits per heavy atom. The summed E-state index contributed by atoms with van der Waals surface area (Å²) in [4.78, 5) is 26.3. The molecule has 0 spiro atoms. The van der Waals surface area contributed by atoms with E-state index >= 15 is 0 Å². The molecule has 3 N–H and O–H groups in total. The smallest absolute Gasteiger partial charge is 0.321 e. The summed E-state index contributed by atoms with van der Waals surface area (Å²) in [6.07, 6.45) is 7.46. The minimum Gasteiger partial charge on any atom is -0.335 e. The number of carbonyl (C=O) groups is 2. The van der Waals surface area contributed by atoms with Crippen molar-refractivity contribution < 1.29 is 9.59 Å². The van der Waals surface area contributed by atoms with E-state index in [1.54, 1.807) is 0 Å². The monoisotopic (exact) mass is 358 g/mol. The molecule has 2 aliphatic rings. The minimum absolute atomic E-state index is 0.0561. The Hall–Kier alpha value is -2.24. The molecule has 1 aliphatic heterocycles. The van der Waals surface area contributed by atoms with Crippen LogP contribution in [0.4, 0.5) is 15.3 Å². The molecule has 0 aromatic heterocycles. The fourth-order valence-electron chi connectivity index (χ4n) is 3.73. The summed E-state index contributed by atoms with van der Waals surface area (Å²) < 4.78 is 0. The molecule has 26 heavy (non-hydrogen) atoms. The van der Waals surface area contributed by atoms with Crippen LogP contribution in [0, 0.1) is 6.92 Å². The predicted octanol–water partition coefficient (Wildman–Crippen LogP) is 3.62. The molecule has 142 valence electrons. The van der Waals surface area contributed by atoms with Gasteiger partial charge in [-0.1, -0.05) is 37.0 Å². The lowest BCUT2D eigenvalue weighted by atomic mass is 9.96. The first-order chi connectivity index (χ1) is 12.6. The second kappa shape index (κ2) is 8.92. The first-order valence-electron chi connectivity index (χ1n) is 9.80. The van der Waals surface area contributed by atoms with Crippen LogP contribution in [0.25, 0.3) is 0 Å². The number of nitrogens with zero attached hydrogens (tertiary/aromatic N) is 1. The normalized spacial score (nSPS) is 19.0. The summed E-state index contributed by atoms with van der Waals surface area (Å²) in [5, 5.41) is 9.10. The van der Waals surface area contributed by atoms with E-state index in [9.17, 15) is 9.59 Å². The number of carbonyl (C=O) groups excluding carboxylic acids is 2. The second-order valence-electron chi connectivity index (χ2n) is 7.51. The van der Waals surface area contributed by atoms with Gasteiger partial charge in [-0.25, -0.2) is 9.59 Å². The van der Waals surface area contributed by atoms with Gasteiger partial charge in [0.05, 0.1) is 0 Å². The van der Waals surface area contributed by atoms with E-state index in [1.807, 2.05) is 36.1 Å². The molecule has 1 heterocycles. The van der Waals surface area contributed by atoms with E-state index in [2.05, 4.69) is 16.0 Å². The molecule has 0 unspecified atom stereocenters. The van der Waals surface area contributed by atoms with Crippen LogP contribution < -0.4 is 16.0 Å². The van der Waals surface area contributed by atoms with Crippen LogP contribution in [0.3, 0.4) is 0 Å². The lowest BCUT2D eigenvalue weighted by Crippen LogP contribution is -2.51. The lowest BCUT2D eigenvalue weighted by molar-refractivity contribution is 0.186. The third-order valence-electron chi connectivity index (χ3n) is 5.36. The molecule has 1 aromatic carbocycles. The van der Waals surface area contributed by atoms with Gasteiger partial charge in [0.1, 0.15) is 0 Å². The van der Waals surface area contributed by atoms with Crippen molar-refractivity contribution in [1.29, 1.82) is 0 Å². The summed E-state index contributed by atoms with van der Waals surface area (Å²) >= 11 is 0. The first kappa shape index (κ1) is 18.5. The number of urea groups is 2. The number of rotatable bonds is 3. The van der Waals surface area contributed by atoms with Crippen LogP contribution in [0.15, 0.2) is 24.3 Å². The zero-order chi connectivity index (χ0) is 18.4. The van der Waals surface area contributed by atoms with E-state index in [0.29, 0.717) is 19.1 Å². The number of hydrogen-bond donors (Lipinski definition) is 3.